The molecular formula is C22H26N2O3. The van der Waals surface area contributed by atoms with Crippen LogP contribution < -0.4 is 5.32 Å². The number of carbonyl (C=O) groups excluding carboxylic acids is 2. The first-order chi connectivity index (χ1) is 13.1. The lowest BCUT2D eigenvalue weighted by molar-refractivity contribution is 0.0303. The Morgan fingerprint density at radius 1 is 0.926 bits per heavy atom. The fourth-order valence-electron chi connectivity index (χ4n) is 3.30. The molecule has 3 rings (SSSR count). The fourth-order valence-corrected chi connectivity index (χ4v) is 3.30. The predicted molar refractivity (Wildman–Crippen MR) is 106 cm³/mol. The van der Waals surface area contributed by atoms with Crippen LogP contribution in [-0.4, -0.2) is 43.0 Å². The highest BCUT2D eigenvalue weighted by molar-refractivity contribution is 6.05. The summed E-state index contributed by atoms with van der Waals surface area (Å²) >= 11 is 0. The SMILES string of the molecule is CCc1cccc(CC)c1NC(=O)c1ccc(C(=O)N2CCOCC2)cc1. The first kappa shape index (κ1) is 19.1. The van der Waals surface area contributed by atoms with Crippen LogP contribution in [0.3, 0.4) is 0 Å². The number of benzene rings is 2. The standard InChI is InChI=1S/C22H26N2O3/c1-3-16-6-5-7-17(4-2)20(16)23-21(25)18-8-10-19(11-9-18)22(26)24-12-14-27-15-13-24/h5-11H,3-4,12-15H2,1-2H3,(H,23,25). The van der Waals surface area contributed by atoms with Crippen LogP contribution >= 0.6 is 0 Å². The molecule has 0 aromatic heterocycles. The van der Waals surface area contributed by atoms with Gasteiger partial charge in [-0.15, -0.1) is 0 Å². The summed E-state index contributed by atoms with van der Waals surface area (Å²) in [7, 11) is 0. The second-order valence-corrected chi connectivity index (χ2v) is 6.59. The molecule has 142 valence electrons. The maximum absolute atomic E-state index is 12.7. The Labute approximate surface area is 160 Å². The Hall–Kier alpha value is -2.66. The van der Waals surface area contributed by atoms with Gasteiger partial charge in [-0.05, 0) is 48.2 Å². The van der Waals surface area contributed by atoms with Gasteiger partial charge in [0.15, 0.2) is 0 Å². The number of aryl methyl sites for hydroxylation is 2. The summed E-state index contributed by atoms with van der Waals surface area (Å²) in [6.07, 6.45) is 1.72. The number of hydrogen-bond acceptors (Lipinski definition) is 3. The van der Waals surface area contributed by atoms with E-state index < -0.39 is 0 Å². The van der Waals surface area contributed by atoms with Crippen molar-refractivity contribution < 1.29 is 14.3 Å². The van der Waals surface area contributed by atoms with Gasteiger partial charge in [-0.1, -0.05) is 32.0 Å². The molecule has 5 heteroatoms. The van der Waals surface area contributed by atoms with E-state index in [1.165, 1.54) is 0 Å². The molecular weight excluding hydrogens is 340 g/mol. The molecule has 0 saturated carbocycles. The van der Waals surface area contributed by atoms with E-state index in [2.05, 4.69) is 19.2 Å². The molecule has 0 spiro atoms. The molecule has 0 aliphatic carbocycles. The van der Waals surface area contributed by atoms with E-state index in [4.69, 9.17) is 4.74 Å². The summed E-state index contributed by atoms with van der Waals surface area (Å²) in [5, 5.41) is 3.06. The van der Waals surface area contributed by atoms with Crippen LogP contribution in [0.1, 0.15) is 45.7 Å². The smallest absolute Gasteiger partial charge is 0.255 e. The van der Waals surface area contributed by atoms with Gasteiger partial charge in [0.2, 0.25) is 0 Å². The quantitative estimate of drug-likeness (QED) is 0.881. The van der Waals surface area contributed by atoms with E-state index in [1.54, 1.807) is 29.2 Å². The van der Waals surface area contributed by atoms with Crippen molar-refractivity contribution in [1.29, 1.82) is 0 Å². The van der Waals surface area contributed by atoms with Crippen LogP contribution in [0.2, 0.25) is 0 Å². The van der Waals surface area contributed by atoms with Gasteiger partial charge in [0.1, 0.15) is 0 Å². The van der Waals surface area contributed by atoms with Gasteiger partial charge in [-0.25, -0.2) is 0 Å². The van der Waals surface area contributed by atoms with Crippen molar-refractivity contribution in [1.82, 2.24) is 4.90 Å². The average molecular weight is 366 g/mol. The minimum Gasteiger partial charge on any atom is -0.378 e. The zero-order chi connectivity index (χ0) is 19.2. The maximum atomic E-state index is 12.7. The highest BCUT2D eigenvalue weighted by Gasteiger charge is 2.19. The van der Waals surface area contributed by atoms with E-state index in [9.17, 15) is 9.59 Å². The van der Waals surface area contributed by atoms with Crippen molar-refractivity contribution in [2.75, 3.05) is 31.6 Å². The van der Waals surface area contributed by atoms with E-state index in [1.807, 2.05) is 18.2 Å². The van der Waals surface area contributed by atoms with Gasteiger partial charge in [0.25, 0.3) is 11.8 Å². The van der Waals surface area contributed by atoms with Crippen molar-refractivity contribution in [2.24, 2.45) is 0 Å². The molecule has 0 bridgehead atoms. The number of morpholine rings is 1. The highest BCUT2D eigenvalue weighted by Crippen LogP contribution is 2.23. The van der Waals surface area contributed by atoms with E-state index in [0.717, 1.165) is 29.7 Å². The third-order valence-electron chi connectivity index (χ3n) is 4.93. The van der Waals surface area contributed by atoms with Crippen molar-refractivity contribution in [3.63, 3.8) is 0 Å². The minimum atomic E-state index is -0.157. The molecule has 2 aromatic rings. The molecule has 2 amide bonds. The number of nitrogens with one attached hydrogen (secondary N) is 1. The monoisotopic (exact) mass is 366 g/mol. The molecule has 0 radical (unpaired) electrons. The third-order valence-corrected chi connectivity index (χ3v) is 4.93. The lowest BCUT2D eigenvalue weighted by atomic mass is 10.0. The molecule has 1 N–H and O–H groups in total. The molecule has 27 heavy (non-hydrogen) atoms. The summed E-state index contributed by atoms with van der Waals surface area (Å²) in [6, 6.07) is 13.0. The topological polar surface area (TPSA) is 58.6 Å². The molecule has 1 fully saturated rings. The zero-order valence-corrected chi connectivity index (χ0v) is 16.0. The molecule has 1 saturated heterocycles. The molecule has 1 aliphatic rings. The lowest BCUT2D eigenvalue weighted by Gasteiger charge is -2.26. The van der Waals surface area contributed by atoms with Crippen molar-refractivity contribution in [3.8, 4) is 0 Å². The average Bonchev–Trinajstić information content (AvgIpc) is 2.74. The number of rotatable bonds is 5. The predicted octanol–water partition coefficient (Wildman–Crippen LogP) is 3.54. The van der Waals surface area contributed by atoms with Gasteiger partial charge < -0.3 is 15.0 Å². The van der Waals surface area contributed by atoms with E-state index in [0.29, 0.717) is 37.4 Å². The summed E-state index contributed by atoms with van der Waals surface area (Å²) < 4.78 is 5.28. The Morgan fingerprint density at radius 2 is 1.48 bits per heavy atom. The number of nitrogens with zero attached hydrogens (tertiary/aromatic N) is 1. The van der Waals surface area contributed by atoms with Crippen molar-refractivity contribution >= 4 is 17.5 Å². The van der Waals surface area contributed by atoms with Gasteiger partial charge in [-0.2, -0.15) is 0 Å². The molecule has 0 atom stereocenters. The van der Waals surface area contributed by atoms with E-state index in [-0.39, 0.29) is 11.8 Å². The Kier molecular flexibility index (Phi) is 6.24. The van der Waals surface area contributed by atoms with Gasteiger partial charge in [0.05, 0.1) is 13.2 Å². The van der Waals surface area contributed by atoms with Crippen LogP contribution in [0, 0.1) is 0 Å². The fraction of sp³-hybridized carbons (Fsp3) is 0.364. The van der Waals surface area contributed by atoms with Crippen molar-refractivity contribution in [3.05, 3.63) is 64.7 Å². The Morgan fingerprint density at radius 3 is 2.04 bits per heavy atom. The largest absolute Gasteiger partial charge is 0.378 e. The second-order valence-electron chi connectivity index (χ2n) is 6.59. The second kappa shape index (κ2) is 8.82. The Bertz CT molecular complexity index is 787. The number of carbonyl (C=O) groups is 2. The summed E-state index contributed by atoms with van der Waals surface area (Å²) in [4.78, 5) is 27.0. The summed E-state index contributed by atoms with van der Waals surface area (Å²) in [5.41, 5.74) is 4.29. The number of amides is 2. The van der Waals surface area contributed by atoms with Crippen molar-refractivity contribution in [2.45, 2.75) is 26.7 Å². The minimum absolute atomic E-state index is 0.0187. The number of hydrogen-bond donors (Lipinski definition) is 1. The summed E-state index contributed by atoms with van der Waals surface area (Å²) in [6.45, 7) is 6.52. The number of para-hydroxylation sites is 1. The highest BCUT2D eigenvalue weighted by atomic mass is 16.5. The van der Waals surface area contributed by atoms with Gasteiger partial charge >= 0.3 is 0 Å². The maximum Gasteiger partial charge on any atom is 0.255 e. The molecule has 2 aromatic carbocycles. The third kappa shape index (κ3) is 4.37. The van der Waals surface area contributed by atoms with Gasteiger partial charge in [0, 0.05) is 29.9 Å². The molecule has 1 aliphatic heterocycles. The molecule has 5 nitrogen and oxygen atoms in total. The van der Waals surface area contributed by atoms with Gasteiger partial charge in [-0.3, -0.25) is 9.59 Å². The van der Waals surface area contributed by atoms with Crippen LogP contribution in [0.25, 0.3) is 0 Å². The normalized spacial score (nSPS) is 14.1. The van der Waals surface area contributed by atoms with Crippen LogP contribution in [0.15, 0.2) is 42.5 Å². The first-order valence-corrected chi connectivity index (χ1v) is 9.53. The molecule has 1 heterocycles. The first-order valence-electron chi connectivity index (χ1n) is 9.53. The number of ether oxygens (including phenoxy) is 1. The van der Waals surface area contributed by atoms with Crippen LogP contribution in [0.4, 0.5) is 5.69 Å². The van der Waals surface area contributed by atoms with E-state index >= 15 is 0 Å². The summed E-state index contributed by atoms with van der Waals surface area (Å²) in [5.74, 6) is -0.175. The molecule has 0 unspecified atom stereocenters. The van der Waals surface area contributed by atoms with Crippen LogP contribution in [0.5, 0.6) is 0 Å². The Balaban J connectivity index is 1.74. The lowest BCUT2D eigenvalue weighted by Crippen LogP contribution is -2.40. The number of anilines is 1. The zero-order valence-electron chi connectivity index (χ0n) is 16.0. The van der Waals surface area contributed by atoms with Crippen LogP contribution in [-0.2, 0) is 17.6 Å².